The molecule has 0 bridgehead atoms. The van der Waals surface area contributed by atoms with E-state index >= 15 is 0 Å². The molecule has 0 spiro atoms. The van der Waals surface area contributed by atoms with Gasteiger partial charge in [-0.1, -0.05) is 25.4 Å². The average molecular weight is 374 g/mol. The Kier molecular flexibility index (Phi) is 5.61. The van der Waals surface area contributed by atoms with Crippen LogP contribution in [-0.4, -0.2) is 15.0 Å². The minimum Gasteiger partial charge on any atom is -0.395 e. The Morgan fingerprint density at radius 3 is 2.63 bits per heavy atom. The SMILES string of the molecule is CC(C)CCNS(=O)(=O)c1cc(Cl)c(Br)c(N)c1F. The average Bonchev–Trinajstić information content (AvgIpc) is 2.30. The highest BCUT2D eigenvalue weighted by molar-refractivity contribution is 9.10. The van der Waals surface area contributed by atoms with Crippen LogP contribution in [0.4, 0.5) is 10.1 Å². The van der Waals surface area contributed by atoms with Crippen molar-refractivity contribution in [3.8, 4) is 0 Å². The molecule has 0 atom stereocenters. The fourth-order valence-corrected chi connectivity index (χ4v) is 3.08. The van der Waals surface area contributed by atoms with Gasteiger partial charge in [-0.15, -0.1) is 0 Å². The Morgan fingerprint density at radius 2 is 2.11 bits per heavy atom. The largest absolute Gasteiger partial charge is 0.395 e. The summed E-state index contributed by atoms with van der Waals surface area (Å²) in [7, 11) is -3.96. The maximum absolute atomic E-state index is 13.9. The van der Waals surface area contributed by atoms with Crippen molar-refractivity contribution in [2.45, 2.75) is 25.2 Å². The van der Waals surface area contributed by atoms with Gasteiger partial charge in [-0.2, -0.15) is 0 Å². The molecule has 3 N–H and O–H groups in total. The van der Waals surface area contributed by atoms with Crippen molar-refractivity contribution in [1.29, 1.82) is 0 Å². The first-order valence-electron chi connectivity index (χ1n) is 5.59. The van der Waals surface area contributed by atoms with Gasteiger partial charge >= 0.3 is 0 Å². The summed E-state index contributed by atoms with van der Waals surface area (Å²) in [6, 6.07) is 1.04. The second kappa shape index (κ2) is 6.39. The third-order valence-electron chi connectivity index (χ3n) is 2.46. The van der Waals surface area contributed by atoms with Crippen molar-refractivity contribution in [3.05, 3.63) is 21.4 Å². The lowest BCUT2D eigenvalue weighted by molar-refractivity contribution is 0.541. The van der Waals surface area contributed by atoms with Crippen molar-refractivity contribution >= 4 is 43.2 Å². The molecule has 0 aliphatic rings. The summed E-state index contributed by atoms with van der Waals surface area (Å²) in [4.78, 5) is -0.540. The molecule has 0 aliphatic heterocycles. The number of rotatable bonds is 5. The van der Waals surface area contributed by atoms with Gasteiger partial charge in [0.1, 0.15) is 4.90 Å². The molecule has 0 amide bonds. The third kappa shape index (κ3) is 4.05. The van der Waals surface area contributed by atoms with E-state index in [0.717, 1.165) is 6.07 Å². The molecule has 0 aromatic heterocycles. The maximum atomic E-state index is 13.9. The molecule has 4 nitrogen and oxygen atoms in total. The van der Waals surface area contributed by atoms with E-state index in [1.807, 2.05) is 13.8 Å². The molecule has 1 aromatic carbocycles. The zero-order chi connectivity index (χ0) is 14.8. The smallest absolute Gasteiger partial charge is 0.243 e. The molecule has 19 heavy (non-hydrogen) atoms. The molecule has 0 heterocycles. The second-order valence-corrected chi connectivity index (χ2v) is 7.41. The Hall–Kier alpha value is -0.370. The Bertz CT molecular complexity index is 579. The maximum Gasteiger partial charge on any atom is 0.243 e. The zero-order valence-corrected chi connectivity index (χ0v) is 13.7. The van der Waals surface area contributed by atoms with Gasteiger partial charge in [0.2, 0.25) is 10.0 Å². The van der Waals surface area contributed by atoms with Crippen LogP contribution in [0.25, 0.3) is 0 Å². The van der Waals surface area contributed by atoms with Crippen molar-refractivity contribution in [2.75, 3.05) is 12.3 Å². The van der Waals surface area contributed by atoms with E-state index < -0.39 is 20.7 Å². The molecule has 108 valence electrons. The zero-order valence-electron chi connectivity index (χ0n) is 10.5. The van der Waals surface area contributed by atoms with Crippen LogP contribution < -0.4 is 10.5 Å². The van der Waals surface area contributed by atoms with E-state index in [-0.39, 0.29) is 21.7 Å². The van der Waals surface area contributed by atoms with E-state index in [9.17, 15) is 12.8 Å². The van der Waals surface area contributed by atoms with Gasteiger partial charge in [0.15, 0.2) is 5.82 Å². The number of nitrogen functional groups attached to an aromatic ring is 1. The lowest BCUT2D eigenvalue weighted by Gasteiger charge is -2.11. The highest BCUT2D eigenvalue weighted by atomic mass is 79.9. The number of anilines is 1. The molecule has 0 fully saturated rings. The number of nitrogens with two attached hydrogens (primary N) is 1. The molecule has 0 unspecified atom stereocenters. The monoisotopic (exact) mass is 372 g/mol. The molecular formula is C11H15BrClFN2O2S. The number of hydrogen-bond acceptors (Lipinski definition) is 3. The molecule has 8 heteroatoms. The van der Waals surface area contributed by atoms with Crippen LogP contribution in [-0.2, 0) is 10.0 Å². The number of benzene rings is 1. The summed E-state index contributed by atoms with van der Waals surface area (Å²) in [5.41, 5.74) is 5.14. The summed E-state index contributed by atoms with van der Waals surface area (Å²) in [6.07, 6.45) is 0.653. The van der Waals surface area contributed by atoms with Gasteiger partial charge in [0.25, 0.3) is 0 Å². The van der Waals surface area contributed by atoms with Crippen LogP contribution in [0.5, 0.6) is 0 Å². The van der Waals surface area contributed by atoms with Gasteiger partial charge in [-0.05, 0) is 34.3 Å². The summed E-state index contributed by atoms with van der Waals surface area (Å²) in [6.45, 7) is 4.15. The first-order chi connectivity index (χ1) is 8.66. The number of hydrogen-bond donors (Lipinski definition) is 2. The third-order valence-corrected chi connectivity index (χ3v) is 5.30. The molecule has 0 radical (unpaired) electrons. The van der Waals surface area contributed by atoms with E-state index in [1.54, 1.807) is 0 Å². The van der Waals surface area contributed by atoms with Gasteiger partial charge in [-0.25, -0.2) is 17.5 Å². The lowest BCUT2D eigenvalue weighted by Crippen LogP contribution is -2.26. The van der Waals surface area contributed by atoms with E-state index in [4.69, 9.17) is 17.3 Å². The van der Waals surface area contributed by atoms with E-state index in [0.29, 0.717) is 12.3 Å². The molecular weight excluding hydrogens is 359 g/mol. The van der Waals surface area contributed by atoms with Crippen LogP contribution >= 0.6 is 27.5 Å². The Labute approximate surface area is 125 Å². The predicted molar refractivity (Wildman–Crippen MR) is 78.2 cm³/mol. The van der Waals surface area contributed by atoms with Crippen molar-refractivity contribution < 1.29 is 12.8 Å². The summed E-state index contributed by atoms with van der Waals surface area (Å²) < 4.78 is 40.3. The lowest BCUT2D eigenvalue weighted by atomic mass is 10.1. The number of sulfonamides is 1. The Morgan fingerprint density at radius 1 is 1.53 bits per heavy atom. The molecule has 1 aromatic rings. The van der Waals surface area contributed by atoms with Gasteiger partial charge in [0, 0.05) is 6.54 Å². The van der Waals surface area contributed by atoms with E-state index in [1.165, 1.54) is 0 Å². The highest BCUT2D eigenvalue weighted by Gasteiger charge is 2.23. The van der Waals surface area contributed by atoms with Crippen LogP contribution in [0, 0.1) is 11.7 Å². The van der Waals surface area contributed by atoms with Crippen LogP contribution in [0.3, 0.4) is 0 Å². The van der Waals surface area contributed by atoms with Crippen molar-refractivity contribution in [3.63, 3.8) is 0 Å². The summed E-state index contributed by atoms with van der Waals surface area (Å²) >= 11 is 8.79. The quantitative estimate of drug-likeness (QED) is 0.615. The molecule has 0 aliphatic carbocycles. The van der Waals surface area contributed by atoms with Crippen LogP contribution in [0.1, 0.15) is 20.3 Å². The number of nitrogens with one attached hydrogen (secondary N) is 1. The minimum absolute atomic E-state index is 0.0446. The summed E-state index contributed by atoms with van der Waals surface area (Å²) in [5.74, 6) is -0.667. The predicted octanol–water partition coefficient (Wildman–Crippen LogP) is 3.15. The Balaban J connectivity index is 3.09. The minimum atomic E-state index is -3.96. The van der Waals surface area contributed by atoms with Crippen LogP contribution in [0.15, 0.2) is 15.4 Å². The topological polar surface area (TPSA) is 72.2 Å². The molecule has 0 saturated carbocycles. The van der Waals surface area contributed by atoms with Gasteiger partial charge in [-0.3, -0.25) is 0 Å². The fraction of sp³-hybridized carbons (Fsp3) is 0.455. The normalized spacial score (nSPS) is 12.1. The van der Waals surface area contributed by atoms with Gasteiger partial charge in [0.05, 0.1) is 15.2 Å². The molecule has 0 saturated heterocycles. The highest BCUT2D eigenvalue weighted by Crippen LogP contribution is 2.34. The standard InChI is InChI=1S/C11H15BrClFN2O2S/c1-6(2)3-4-16-19(17,18)8-5-7(13)9(12)11(15)10(8)14/h5-6,16H,3-4,15H2,1-2H3. The fourth-order valence-electron chi connectivity index (χ4n) is 1.35. The van der Waals surface area contributed by atoms with Gasteiger partial charge < -0.3 is 5.73 Å². The van der Waals surface area contributed by atoms with E-state index in [2.05, 4.69) is 20.7 Å². The van der Waals surface area contributed by atoms with Crippen molar-refractivity contribution in [1.82, 2.24) is 4.72 Å². The molecule has 1 rings (SSSR count). The first kappa shape index (κ1) is 16.7. The number of halogens is 3. The van der Waals surface area contributed by atoms with Crippen molar-refractivity contribution in [2.24, 2.45) is 5.92 Å². The van der Waals surface area contributed by atoms with Crippen LogP contribution in [0.2, 0.25) is 5.02 Å². The second-order valence-electron chi connectivity index (χ2n) is 4.48. The first-order valence-corrected chi connectivity index (χ1v) is 8.25. The summed E-state index contributed by atoms with van der Waals surface area (Å²) in [5, 5.41) is 0.0446.